The summed E-state index contributed by atoms with van der Waals surface area (Å²) in [4.78, 5) is 15.4. The molecule has 0 bridgehead atoms. The van der Waals surface area contributed by atoms with Gasteiger partial charge in [-0.3, -0.25) is 9.69 Å². The van der Waals surface area contributed by atoms with Gasteiger partial charge in [0.1, 0.15) is 11.9 Å². The van der Waals surface area contributed by atoms with Crippen LogP contribution in [0, 0.1) is 0 Å². The Morgan fingerprint density at radius 2 is 1.59 bits per heavy atom. The highest BCUT2D eigenvalue weighted by Gasteiger charge is 2.36. The molecule has 1 aliphatic rings. The molecule has 1 atom stereocenters. The Hall–Kier alpha value is -3.87. The highest BCUT2D eigenvalue weighted by atomic mass is 16.5. The lowest BCUT2D eigenvalue weighted by Crippen LogP contribution is -2.43. The molecule has 32 heavy (non-hydrogen) atoms. The number of benzene rings is 3. The summed E-state index contributed by atoms with van der Waals surface area (Å²) in [7, 11) is 4.70. The summed E-state index contributed by atoms with van der Waals surface area (Å²) in [6, 6.07) is 18.6. The van der Waals surface area contributed by atoms with Crippen LogP contribution in [0.3, 0.4) is 0 Å². The van der Waals surface area contributed by atoms with Crippen LogP contribution in [0.2, 0.25) is 0 Å². The number of ether oxygens (including phenoxy) is 4. The second-order valence-electron chi connectivity index (χ2n) is 7.12. The van der Waals surface area contributed by atoms with Gasteiger partial charge in [0.25, 0.3) is 5.91 Å². The van der Waals surface area contributed by atoms with Crippen LogP contribution in [0.4, 0.5) is 11.4 Å². The number of rotatable bonds is 7. The molecular weight excluding hydrogens is 408 g/mol. The monoisotopic (exact) mass is 434 g/mol. The zero-order chi connectivity index (χ0) is 22.7. The minimum atomic E-state index is -0.537. The van der Waals surface area contributed by atoms with E-state index >= 15 is 0 Å². The average molecular weight is 434 g/mol. The van der Waals surface area contributed by atoms with Crippen LogP contribution < -0.4 is 29.2 Å². The Kier molecular flexibility index (Phi) is 6.07. The second-order valence-corrected chi connectivity index (χ2v) is 7.12. The lowest BCUT2D eigenvalue weighted by Gasteiger charge is -2.38. The van der Waals surface area contributed by atoms with E-state index in [-0.39, 0.29) is 5.91 Å². The summed E-state index contributed by atoms with van der Waals surface area (Å²) >= 11 is 0. The topological polar surface area (TPSA) is 69.3 Å². The summed E-state index contributed by atoms with van der Waals surface area (Å²) in [5.41, 5.74) is 2.81. The van der Waals surface area contributed by atoms with Gasteiger partial charge in [0.2, 0.25) is 5.75 Å². The van der Waals surface area contributed by atoms with E-state index in [0.717, 1.165) is 22.7 Å². The molecule has 1 N–H and O–H groups in total. The minimum absolute atomic E-state index is 0.120. The van der Waals surface area contributed by atoms with Gasteiger partial charge in [-0.1, -0.05) is 12.1 Å². The van der Waals surface area contributed by atoms with Crippen LogP contribution in [0.15, 0.2) is 60.7 Å². The van der Waals surface area contributed by atoms with Gasteiger partial charge in [-0.2, -0.15) is 0 Å². The number of nitrogens with zero attached hydrogens (tertiary/aromatic N) is 1. The fraction of sp³-hybridized carbons (Fsp3) is 0.240. The van der Waals surface area contributed by atoms with Crippen molar-refractivity contribution in [1.82, 2.24) is 0 Å². The predicted octanol–water partition coefficient (Wildman–Crippen LogP) is 4.88. The summed E-state index contributed by atoms with van der Waals surface area (Å²) in [5, 5.41) is 3.49. The lowest BCUT2D eigenvalue weighted by atomic mass is 10.0. The van der Waals surface area contributed by atoms with Crippen molar-refractivity contribution in [1.29, 1.82) is 0 Å². The number of hydrogen-bond acceptors (Lipinski definition) is 6. The highest BCUT2D eigenvalue weighted by Crippen LogP contribution is 2.46. The molecule has 3 aromatic rings. The van der Waals surface area contributed by atoms with E-state index in [9.17, 15) is 4.79 Å². The standard InChI is InChI=1S/C25H26N2O5/c1-5-32-17-12-10-16(11-13-17)27-24(26-20-9-7-6-8-18(20)25(27)28)19-14-15-21(29-2)23(31-4)22(19)30-3/h6-15,24,26H,5H2,1-4H3. The third-order valence-corrected chi connectivity index (χ3v) is 5.38. The van der Waals surface area contributed by atoms with Gasteiger partial charge in [0.15, 0.2) is 11.5 Å². The maximum atomic E-state index is 13.6. The van der Waals surface area contributed by atoms with Crippen LogP contribution in [-0.4, -0.2) is 33.8 Å². The third-order valence-electron chi connectivity index (χ3n) is 5.38. The number of hydrogen-bond donors (Lipinski definition) is 1. The summed E-state index contributed by atoms with van der Waals surface area (Å²) in [6.07, 6.45) is -0.537. The number of para-hydroxylation sites is 1. The molecule has 0 fully saturated rings. The summed E-state index contributed by atoms with van der Waals surface area (Å²) in [5.74, 6) is 2.13. The maximum Gasteiger partial charge on any atom is 0.262 e. The van der Waals surface area contributed by atoms with Crippen LogP contribution >= 0.6 is 0 Å². The SMILES string of the molecule is CCOc1ccc(N2C(=O)c3ccccc3NC2c2ccc(OC)c(OC)c2OC)cc1. The van der Waals surface area contributed by atoms with E-state index in [1.165, 1.54) is 0 Å². The smallest absolute Gasteiger partial charge is 0.262 e. The van der Waals surface area contributed by atoms with Crippen molar-refractivity contribution in [3.05, 3.63) is 71.8 Å². The molecule has 1 heterocycles. The van der Waals surface area contributed by atoms with Crippen molar-refractivity contribution in [3.63, 3.8) is 0 Å². The van der Waals surface area contributed by atoms with Crippen molar-refractivity contribution < 1.29 is 23.7 Å². The molecule has 0 saturated carbocycles. The number of fused-ring (bicyclic) bond motifs is 1. The zero-order valence-electron chi connectivity index (χ0n) is 18.5. The number of carbonyl (C=O) groups excluding carboxylic acids is 1. The Morgan fingerprint density at radius 1 is 0.875 bits per heavy atom. The molecule has 1 unspecified atom stereocenters. The maximum absolute atomic E-state index is 13.6. The fourth-order valence-corrected chi connectivity index (χ4v) is 3.95. The molecule has 166 valence electrons. The largest absolute Gasteiger partial charge is 0.494 e. The lowest BCUT2D eigenvalue weighted by molar-refractivity contribution is 0.0974. The number of anilines is 2. The van der Waals surface area contributed by atoms with Gasteiger partial charge in [0, 0.05) is 16.9 Å². The first-order valence-electron chi connectivity index (χ1n) is 10.3. The van der Waals surface area contributed by atoms with Crippen molar-refractivity contribution in [2.45, 2.75) is 13.1 Å². The van der Waals surface area contributed by atoms with Gasteiger partial charge in [-0.05, 0) is 55.5 Å². The van der Waals surface area contributed by atoms with Crippen molar-refractivity contribution >= 4 is 17.3 Å². The number of nitrogens with one attached hydrogen (secondary N) is 1. The van der Waals surface area contributed by atoms with Crippen LogP contribution in [0.1, 0.15) is 29.0 Å². The molecule has 0 spiro atoms. The minimum Gasteiger partial charge on any atom is -0.494 e. The molecule has 0 aromatic heterocycles. The molecule has 7 nitrogen and oxygen atoms in total. The molecule has 3 aromatic carbocycles. The molecule has 7 heteroatoms. The van der Waals surface area contributed by atoms with Gasteiger partial charge < -0.3 is 24.3 Å². The highest BCUT2D eigenvalue weighted by molar-refractivity contribution is 6.12. The van der Waals surface area contributed by atoms with E-state index in [1.807, 2.05) is 61.5 Å². The molecular formula is C25H26N2O5. The van der Waals surface area contributed by atoms with Crippen molar-refractivity contribution in [2.24, 2.45) is 0 Å². The van der Waals surface area contributed by atoms with E-state index in [0.29, 0.717) is 29.4 Å². The Morgan fingerprint density at radius 3 is 2.25 bits per heavy atom. The quantitative estimate of drug-likeness (QED) is 0.572. The number of carbonyl (C=O) groups is 1. The van der Waals surface area contributed by atoms with Gasteiger partial charge in [-0.15, -0.1) is 0 Å². The molecule has 4 rings (SSSR count). The fourth-order valence-electron chi connectivity index (χ4n) is 3.95. The van der Waals surface area contributed by atoms with Gasteiger partial charge in [0.05, 0.1) is 33.5 Å². The van der Waals surface area contributed by atoms with E-state index in [2.05, 4.69) is 5.32 Å². The normalized spacial score (nSPS) is 14.9. The molecule has 0 aliphatic carbocycles. The summed E-state index contributed by atoms with van der Waals surface area (Å²) < 4.78 is 22.3. The van der Waals surface area contributed by atoms with Crippen molar-refractivity contribution in [2.75, 3.05) is 38.2 Å². The van der Waals surface area contributed by atoms with Gasteiger partial charge in [-0.25, -0.2) is 0 Å². The Bertz CT molecular complexity index is 1110. The molecule has 0 radical (unpaired) electrons. The molecule has 1 amide bonds. The third kappa shape index (κ3) is 3.66. The second kappa shape index (κ2) is 9.09. The predicted molar refractivity (Wildman–Crippen MR) is 123 cm³/mol. The molecule has 1 aliphatic heterocycles. The van der Waals surface area contributed by atoms with Crippen LogP contribution in [-0.2, 0) is 0 Å². The first-order chi connectivity index (χ1) is 15.6. The van der Waals surface area contributed by atoms with Crippen LogP contribution in [0.5, 0.6) is 23.0 Å². The zero-order valence-corrected chi connectivity index (χ0v) is 18.5. The number of amides is 1. The first-order valence-corrected chi connectivity index (χ1v) is 10.3. The van der Waals surface area contributed by atoms with E-state index in [1.54, 1.807) is 32.3 Å². The first kappa shape index (κ1) is 21.4. The summed E-state index contributed by atoms with van der Waals surface area (Å²) in [6.45, 7) is 2.50. The number of methoxy groups -OCH3 is 3. The Balaban J connectivity index is 1.87. The van der Waals surface area contributed by atoms with E-state index in [4.69, 9.17) is 18.9 Å². The van der Waals surface area contributed by atoms with Crippen molar-refractivity contribution in [3.8, 4) is 23.0 Å². The van der Waals surface area contributed by atoms with Crippen LogP contribution in [0.25, 0.3) is 0 Å². The van der Waals surface area contributed by atoms with Gasteiger partial charge >= 0.3 is 0 Å². The van der Waals surface area contributed by atoms with E-state index < -0.39 is 6.17 Å². The Labute approximate surface area is 187 Å². The average Bonchev–Trinajstić information content (AvgIpc) is 2.83. The molecule has 0 saturated heterocycles.